The van der Waals surface area contributed by atoms with E-state index in [1.807, 2.05) is 0 Å². The summed E-state index contributed by atoms with van der Waals surface area (Å²) in [5.74, 6) is -1.12. The van der Waals surface area contributed by atoms with Crippen molar-refractivity contribution in [3.63, 3.8) is 0 Å². The molecule has 0 aromatic carbocycles. The number of aromatic nitrogens is 1. The van der Waals surface area contributed by atoms with Crippen LogP contribution in [0.3, 0.4) is 0 Å². The molecule has 21 heavy (non-hydrogen) atoms. The van der Waals surface area contributed by atoms with Gasteiger partial charge in [-0.05, 0) is 18.6 Å². The Bertz CT molecular complexity index is 443. The van der Waals surface area contributed by atoms with Crippen LogP contribution in [0.5, 0.6) is 0 Å². The second-order valence-electron chi connectivity index (χ2n) is 5.16. The van der Waals surface area contributed by atoms with Crippen molar-refractivity contribution in [2.75, 3.05) is 5.32 Å². The van der Waals surface area contributed by atoms with Crippen LogP contribution in [0.1, 0.15) is 68.8 Å². The Hall–Kier alpha value is -1.91. The number of hydrogen-bond acceptors (Lipinski definition) is 3. The van der Waals surface area contributed by atoms with E-state index >= 15 is 0 Å². The first-order valence-electron chi connectivity index (χ1n) is 7.62. The summed E-state index contributed by atoms with van der Waals surface area (Å²) >= 11 is 0. The number of carbonyl (C=O) groups excluding carboxylic acids is 1. The maximum absolute atomic E-state index is 11.7. The van der Waals surface area contributed by atoms with Crippen LogP contribution in [0.4, 0.5) is 5.69 Å². The van der Waals surface area contributed by atoms with Gasteiger partial charge in [0.15, 0.2) is 0 Å². The van der Waals surface area contributed by atoms with Gasteiger partial charge in [0, 0.05) is 6.42 Å². The van der Waals surface area contributed by atoms with Crippen LogP contribution >= 0.6 is 0 Å². The van der Waals surface area contributed by atoms with Crippen molar-refractivity contribution in [2.45, 2.75) is 58.3 Å². The quantitative estimate of drug-likeness (QED) is 0.642. The fourth-order valence-electron chi connectivity index (χ4n) is 2.06. The van der Waals surface area contributed by atoms with Crippen LogP contribution in [0, 0.1) is 0 Å². The molecule has 0 unspecified atom stereocenters. The standard InChI is InChI=1S/C16H24N2O3/c1-2-3-4-5-6-7-8-9-15(19)18-13-10-11-14(16(20)21)17-12-13/h10-12H,2-9H2,1H3,(H,18,19)(H,20,21). The zero-order valence-corrected chi connectivity index (χ0v) is 12.6. The minimum Gasteiger partial charge on any atom is -0.477 e. The summed E-state index contributed by atoms with van der Waals surface area (Å²) in [5, 5.41) is 11.5. The van der Waals surface area contributed by atoms with Gasteiger partial charge in [-0.1, -0.05) is 45.4 Å². The SMILES string of the molecule is CCCCCCCCCC(=O)Nc1ccc(C(=O)O)nc1. The maximum Gasteiger partial charge on any atom is 0.354 e. The van der Waals surface area contributed by atoms with Gasteiger partial charge in [0.1, 0.15) is 5.69 Å². The van der Waals surface area contributed by atoms with Crippen LogP contribution in [-0.2, 0) is 4.79 Å². The van der Waals surface area contributed by atoms with Crippen molar-refractivity contribution in [1.82, 2.24) is 4.98 Å². The summed E-state index contributed by atoms with van der Waals surface area (Å²) in [6.07, 6.45) is 10.1. The van der Waals surface area contributed by atoms with Gasteiger partial charge in [0.05, 0.1) is 11.9 Å². The molecule has 0 saturated carbocycles. The highest BCUT2D eigenvalue weighted by atomic mass is 16.4. The van der Waals surface area contributed by atoms with E-state index in [9.17, 15) is 9.59 Å². The fraction of sp³-hybridized carbons (Fsp3) is 0.562. The smallest absolute Gasteiger partial charge is 0.354 e. The van der Waals surface area contributed by atoms with E-state index in [0.717, 1.165) is 12.8 Å². The summed E-state index contributed by atoms with van der Waals surface area (Å²) in [4.78, 5) is 26.1. The van der Waals surface area contributed by atoms with E-state index in [0.29, 0.717) is 12.1 Å². The highest BCUT2D eigenvalue weighted by Gasteiger charge is 2.06. The van der Waals surface area contributed by atoms with Gasteiger partial charge in [0.25, 0.3) is 0 Å². The lowest BCUT2D eigenvalue weighted by molar-refractivity contribution is -0.116. The van der Waals surface area contributed by atoms with Crippen LogP contribution < -0.4 is 5.32 Å². The Morgan fingerprint density at radius 3 is 2.33 bits per heavy atom. The molecule has 0 aliphatic heterocycles. The predicted octanol–water partition coefficient (Wildman–Crippen LogP) is 3.86. The van der Waals surface area contributed by atoms with Gasteiger partial charge in [0.2, 0.25) is 5.91 Å². The second-order valence-corrected chi connectivity index (χ2v) is 5.16. The largest absolute Gasteiger partial charge is 0.477 e. The van der Waals surface area contributed by atoms with Crippen molar-refractivity contribution in [1.29, 1.82) is 0 Å². The first kappa shape index (κ1) is 17.1. The number of anilines is 1. The lowest BCUT2D eigenvalue weighted by Gasteiger charge is -2.05. The van der Waals surface area contributed by atoms with E-state index in [4.69, 9.17) is 5.11 Å². The van der Waals surface area contributed by atoms with Crippen molar-refractivity contribution in [3.8, 4) is 0 Å². The number of unbranched alkanes of at least 4 members (excludes halogenated alkanes) is 6. The lowest BCUT2D eigenvalue weighted by atomic mass is 10.1. The number of carboxylic acid groups (broad SMARTS) is 1. The Morgan fingerprint density at radius 2 is 1.76 bits per heavy atom. The van der Waals surface area contributed by atoms with Gasteiger partial charge in [-0.2, -0.15) is 0 Å². The summed E-state index contributed by atoms with van der Waals surface area (Å²) in [6.45, 7) is 2.20. The molecule has 0 spiro atoms. The molecule has 1 rings (SSSR count). The molecule has 2 N–H and O–H groups in total. The zero-order valence-electron chi connectivity index (χ0n) is 12.6. The average Bonchev–Trinajstić information content (AvgIpc) is 2.47. The third-order valence-electron chi connectivity index (χ3n) is 3.27. The number of nitrogens with one attached hydrogen (secondary N) is 1. The summed E-state index contributed by atoms with van der Waals surface area (Å²) in [7, 11) is 0. The van der Waals surface area contributed by atoms with E-state index in [1.165, 1.54) is 44.4 Å². The van der Waals surface area contributed by atoms with Crippen molar-refractivity contribution >= 4 is 17.6 Å². The number of aromatic carboxylic acids is 1. The molecule has 1 aromatic rings. The molecule has 5 nitrogen and oxygen atoms in total. The van der Waals surface area contributed by atoms with Crippen molar-refractivity contribution in [2.24, 2.45) is 0 Å². The van der Waals surface area contributed by atoms with E-state index in [1.54, 1.807) is 6.07 Å². The number of carbonyl (C=O) groups is 2. The molecule has 1 amide bonds. The highest BCUT2D eigenvalue weighted by molar-refractivity contribution is 5.91. The van der Waals surface area contributed by atoms with E-state index in [2.05, 4.69) is 17.2 Å². The van der Waals surface area contributed by atoms with Crippen LogP contribution in [-0.4, -0.2) is 22.0 Å². The molecule has 1 heterocycles. The molecule has 0 atom stereocenters. The molecule has 1 aromatic heterocycles. The average molecular weight is 292 g/mol. The number of carboxylic acids is 1. The number of hydrogen-bond donors (Lipinski definition) is 2. The van der Waals surface area contributed by atoms with Crippen molar-refractivity contribution in [3.05, 3.63) is 24.0 Å². The van der Waals surface area contributed by atoms with Gasteiger partial charge in [-0.25, -0.2) is 9.78 Å². The number of amides is 1. The molecule has 0 saturated heterocycles. The Morgan fingerprint density at radius 1 is 1.10 bits per heavy atom. The monoisotopic (exact) mass is 292 g/mol. The number of rotatable bonds is 10. The fourth-order valence-corrected chi connectivity index (χ4v) is 2.06. The lowest BCUT2D eigenvalue weighted by Crippen LogP contribution is -2.11. The summed E-state index contributed by atoms with van der Waals surface area (Å²) in [6, 6.07) is 2.94. The molecule has 0 radical (unpaired) electrons. The van der Waals surface area contributed by atoms with E-state index < -0.39 is 5.97 Å². The van der Waals surface area contributed by atoms with Gasteiger partial charge >= 0.3 is 5.97 Å². The molecule has 0 aliphatic rings. The molecular weight excluding hydrogens is 268 g/mol. The normalized spacial score (nSPS) is 10.3. The van der Waals surface area contributed by atoms with Gasteiger partial charge in [-0.15, -0.1) is 0 Å². The maximum atomic E-state index is 11.7. The number of pyridine rings is 1. The molecule has 0 aliphatic carbocycles. The third-order valence-corrected chi connectivity index (χ3v) is 3.27. The molecule has 116 valence electrons. The first-order valence-corrected chi connectivity index (χ1v) is 7.62. The molecule has 0 bridgehead atoms. The van der Waals surface area contributed by atoms with Crippen LogP contribution in [0.25, 0.3) is 0 Å². The Labute approximate surface area is 125 Å². The van der Waals surface area contributed by atoms with Crippen LogP contribution in [0.2, 0.25) is 0 Å². The number of nitrogens with zero attached hydrogens (tertiary/aromatic N) is 1. The Balaban J connectivity index is 2.17. The first-order chi connectivity index (χ1) is 10.1. The highest BCUT2D eigenvalue weighted by Crippen LogP contribution is 2.10. The van der Waals surface area contributed by atoms with E-state index in [-0.39, 0.29) is 11.6 Å². The van der Waals surface area contributed by atoms with Gasteiger partial charge < -0.3 is 10.4 Å². The molecule has 5 heteroatoms. The summed E-state index contributed by atoms with van der Waals surface area (Å²) in [5.41, 5.74) is 0.507. The minimum absolute atomic E-state index is 0.0277. The zero-order chi connectivity index (χ0) is 15.5. The molecule has 0 fully saturated rings. The second kappa shape index (κ2) is 9.91. The van der Waals surface area contributed by atoms with Crippen LogP contribution in [0.15, 0.2) is 18.3 Å². The topological polar surface area (TPSA) is 79.3 Å². The van der Waals surface area contributed by atoms with Crippen molar-refractivity contribution < 1.29 is 14.7 Å². The Kier molecular flexibility index (Phi) is 8.09. The summed E-state index contributed by atoms with van der Waals surface area (Å²) < 4.78 is 0. The molecular formula is C16H24N2O3. The predicted molar refractivity (Wildman–Crippen MR) is 82.4 cm³/mol. The minimum atomic E-state index is -1.07. The van der Waals surface area contributed by atoms with Gasteiger partial charge in [-0.3, -0.25) is 4.79 Å². The third kappa shape index (κ3) is 7.44.